The Labute approximate surface area is 158 Å². The lowest BCUT2D eigenvalue weighted by atomic mass is 9.88. The predicted molar refractivity (Wildman–Crippen MR) is 109 cm³/mol. The zero-order valence-electron chi connectivity index (χ0n) is 16.8. The molecule has 0 aliphatic carbocycles. The highest BCUT2D eigenvalue weighted by Crippen LogP contribution is 2.20. The van der Waals surface area contributed by atoms with Crippen molar-refractivity contribution in [3.05, 3.63) is 29.6 Å². The van der Waals surface area contributed by atoms with Crippen molar-refractivity contribution in [3.63, 3.8) is 0 Å². The Morgan fingerprint density at radius 1 is 1.04 bits per heavy atom. The minimum Gasteiger partial charge on any atom is -0.355 e. The molecule has 0 saturated carbocycles. The topological polar surface area (TPSA) is 43.8 Å². The Kier molecular flexibility index (Phi) is 6.52. The third-order valence-electron chi connectivity index (χ3n) is 5.61. The van der Waals surface area contributed by atoms with Crippen molar-refractivity contribution < 1.29 is 0 Å². The molecule has 0 bridgehead atoms. The molecule has 3 heterocycles. The number of guanidine groups is 1. The van der Waals surface area contributed by atoms with Gasteiger partial charge in [0.25, 0.3) is 0 Å². The SMILES string of the molecule is Cc1ccc(C(C)(C)CNC2=NCCN2CCN2CCCCCC2)nc1. The fourth-order valence-corrected chi connectivity index (χ4v) is 3.75. The number of aryl methyl sites for hydroxylation is 1. The third-order valence-corrected chi connectivity index (χ3v) is 5.61. The molecule has 1 aromatic rings. The van der Waals surface area contributed by atoms with E-state index >= 15 is 0 Å². The van der Waals surface area contributed by atoms with E-state index < -0.39 is 0 Å². The number of aromatic nitrogens is 1. The normalized spacial score (nSPS) is 19.3. The molecule has 3 rings (SSSR count). The lowest BCUT2D eigenvalue weighted by Gasteiger charge is -2.29. The van der Waals surface area contributed by atoms with Gasteiger partial charge in [0, 0.05) is 43.5 Å². The van der Waals surface area contributed by atoms with Crippen LogP contribution in [-0.2, 0) is 5.41 Å². The van der Waals surface area contributed by atoms with Crippen LogP contribution in [0.1, 0.15) is 50.8 Å². The largest absolute Gasteiger partial charge is 0.355 e. The summed E-state index contributed by atoms with van der Waals surface area (Å²) in [5, 5.41) is 3.60. The molecule has 5 nitrogen and oxygen atoms in total. The highest BCUT2D eigenvalue weighted by molar-refractivity contribution is 5.81. The summed E-state index contributed by atoms with van der Waals surface area (Å²) in [6, 6.07) is 4.29. The van der Waals surface area contributed by atoms with Crippen molar-refractivity contribution in [1.82, 2.24) is 20.1 Å². The van der Waals surface area contributed by atoms with Crippen LogP contribution in [-0.4, -0.2) is 66.6 Å². The van der Waals surface area contributed by atoms with Crippen LogP contribution < -0.4 is 5.32 Å². The fraction of sp³-hybridized carbons (Fsp3) is 0.714. The molecule has 1 fully saturated rings. The van der Waals surface area contributed by atoms with Crippen LogP contribution in [0.4, 0.5) is 0 Å². The number of pyridine rings is 1. The summed E-state index contributed by atoms with van der Waals surface area (Å²) in [6.45, 7) is 14.1. The Hall–Kier alpha value is -1.62. The molecule has 2 aliphatic heterocycles. The van der Waals surface area contributed by atoms with Gasteiger partial charge in [-0.15, -0.1) is 0 Å². The second-order valence-electron chi connectivity index (χ2n) is 8.41. The molecule has 0 aromatic carbocycles. The Balaban J connectivity index is 1.49. The minimum absolute atomic E-state index is 0.0186. The molecule has 2 aliphatic rings. The lowest BCUT2D eigenvalue weighted by Crippen LogP contribution is -2.46. The van der Waals surface area contributed by atoms with Gasteiger partial charge in [0.15, 0.2) is 5.96 Å². The Bertz CT molecular complexity index is 585. The first kappa shape index (κ1) is 19.2. The van der Waals surface area contributed by atoms with E-state index in [-0.39, 0.29) is 5.41 Å². The van der Waals surface area contributed by atoms with E-state index in [9.17, 15) is 0 Å². The molecule has 144 valence electrons. The quantitative estimate of drug-likeness (QED) is 0.850. The van der Waals surface area contributed by atoms with Crippen molar-refractivity contribution in [3.8, 4) is 0 Å². The van der Waals surface area contributed by atoms with Crippen LogP contribution in [0.15, 0.2) is 23.3 Å². The summed E-state index contributed by atoms with van der Waals surface area (Å²) < 4.78 is 0. The molecule has 0 amide bonds. The molecule has 0 radical (unpaired) electrons. The van der Waals surface area contributed by atoms with E-state index in [1.54, 1.807) is 0 Å². The zero-order valence-corrected chi connectivity index (χ0v) is 16.8. The van der Waals surface area contributed by atoms with Crippen LogP contribution in [0.2, 0.25) is 0 Å². The monoisotopic (exact) mass is 357 g/mol. The van der Waals surface area contributed by atoms with Gasteiger partial charge >= 0.3 is 0 Å². The molecular formula is C21H35N5. The number of rotatable bonds is 6. The lowest BCUT2D eigenvalue weighted by molar-refractivity contribution is 0.257. The minimum atomic E-state index is -0.0186. The summed E-state index contributed by atoms with van der Waals surface area (Å²) in [4.78, 5) is 14.4. The fourth-order valence-electron chi connectivity index (χ4n) is 3.75. The standard InChI is InChI=1S/C21H35N5/c1-18-8-9-19(23-16-18)21(2,3)17-24-20-22-10-13-26(20)15-14-25-11-6-4-5-7-12-25/h8-9,16H,4-7,10-15,17H2,1-3H3,(H,22,24). The van der Waals surface area contributed by atoms with E-state index in [1.165, 1.54) is 44.3 Å². The van der Waals surface area contributed by atoms with Crippen LogP contribution in [0.3, 0.4) is 0 Å². The van der Waals surface area contributed by atoms with E-state index in [0.29, 0.717) is 0 Å². The van der Waals surface area contributed by atoms with Gasteiger partial charge in [0.05, 0.1) is 6.54 Å². The molecular weight excluding hydrogens is 322 g/mol. The van der Waals surface area contributed by atoms with Crippen LogP contribution in [0, 0.1) is 6.92 Å². The van der Waals surface area contributed by atoms with Crippen molar-refractivity contribution >= 4 is 5.96 Å². The van der Waals surface area contributed by atoms with Gasteiger partial charge in [-0.05, 0) is 44.5 Å². The van der Waals surface area contributed by atoms with Gasteiger partial charge in [-0.25, -0.2) is 0 Å². The van der Waals surface area contributed by atoms with Crippen LogP contribution >= 0.6 is 0 Å². The first-order valence-electron chi connectivity index (χ1n) is 10.2. The van der Waals surface area contributed by atoms with Gasteiger partial charge in [-0.1, -0.05) is 32.8 Å². The molecule has 1 N–H and O–H groups in total. The van der Waals surface area contributed by atoms with Crippen molar-refractivity contribution in [1.29, 1.82) is 0 Å². The first-order chi connectivity index (χ1) is 12.5. The van der Waals surface area contributed by atoms with Crippen molar-refractivity contribution in [2.75, 3.05) is 45.8 Å². The van der Waals surface area contributed by atoms with Crippen LogP contribution in [0.5, 0.6) is 0 Å². The molecule has 26 heavy (non-hydrogen) atoms. The van der Waals surface area contributed by atoms with Crippen molar-refractivity contribution in [2.45, 2.75) is 51.9 Å². The highest BCUT2D eigenvalue weighted by Gasteiger charge is 2.25. The number of hydrogen-bond donors (Lipinski definition) is 1. The van der Waals surface area contributed by atoms with Gasteiger partial charge in [-0.3, -0.25) is 9.98 Å². The van der Waals surface area contributed by atoms with E-state index in [0.717, 1.165) is 44.4 Å². The molecule has 0 unspecified atom stereocenters. The van der Waals surface area contributed by atoms with E-state index in [1.807, 2.05) is 6.20 Å². The second-order valence-corrected chi connectivity index (χ2v) is 8.41. The van der Waals surface area contributed by atoms with Crippen LogP contribution in [0.25, 0.3) is 0 Å². The Morgan fingerprint density at radius 2 is 1.81 bits per heavy atom. The summed E-state index contributed by atoms with van der Waals surface area (Å²) in [6.07, 6.45) is 7.47. The smallest absolute Gasteiger partial charge is 0.194 e. The third kappa shape index (κ3) is 5.19. The Morgan fingerprint density at radius 3 is 2.50 bits per heavy atom. The highest BCUT2D eigenvalue weighted by atomic mass is 15.3. The van der Waals surface area contributed by atoms with Gasteiger partial charge < -0.3 is 15.1 Å². The van der Waals surface area contributed by atoms with Crippen molar-refractivity contribution in [2.24, 2.45) is 4.99 Å². The number of hydrogen-bond acceptors (Lipinski definition) is 5. The summed E-state index contributed by atoms with van der Waals surface area (Å²) in [5.41, 5.74) is 2.32. The number of likely N-dealkylation sites (tertiary alicyclic amines) is 1. The maximum absolute atomic E-state index is 4.70. The maximum Gasteiger partial charge on any atom is 0.194 e. The molecule has 1 aromatic heterocycles. The van der Waals surface area contributed by atoms with E-state index in [2.05, 4.69) is 53.0 Å². The molecule has 0 spiro atoms. The maximum atomic E-state index is 4.70. The van der Waals surface area contributed by atoms with E-state index in [4.69, 9.17) is 4.99 Å². The van der Waals surface area contributed by atoms with Gasteiger partial charge in [0.2, 0.25) is 0 Å². The summed E-state index contributed by atoms with van der Waals surface area (Å²) in [7, 11) is 0. The number of nitrogens with one attached hydrogen (secondary N) is 1. The molecule has 0 atom stereocenters. The number of aliphatic imine (C=N–C) groups is 1. The number of nitrogens with zero attached hydrogens (tertiary/aromatic N) is 4. The second kappa shape index (κ2) is 8.85. The zero-order chi connectivity index (χ0) is 18.4. The molecule has 5 heteroatoms. The summed E-state index contributed by atoms with van der Waals surface area (Å²) >= 11 is 0. The first-order valence-corrected chi connectivity index (χ1v) is 10.2. The average Bonchev–Trinajstić information content (AvgIpc) is 2.91. The van der Waals surface area contributed by atoms with Gasteiger partial charge in [-0.2, -0.15) is 0 Å². The predicted octanol–water partition coefficient (Wildman–Crippen LogP) is 2.80. The van der Waals surface area contributed by atoms with Gasteiger partial charge in [0.1, 0.15) is 0 Å². The summed E-state index contributed by atoms with van der Waals surface area (Å²) in [5.74, 6) is 1.07. The molecule has 1 saturated heterocycles. The average molecular weight is 358 g/mol.